The summed E-state index contributed by atoms with van der Waals surface area (Å²) in [6.07, 6.45) is 3.88. The second-order valence-corrected chi connectivity index (χ2v) is 4.88. The van der Waals surface area contributed by atoms with Crippen LogP contribution in [0.2, 0.25) is 0 Å². The SMILES string of the molecule is CCn1cnnc1CCn1cnc2cccc(OC)c2c1=O. The Kier molecular flexibility index (Phi) is 3.86. The molecule has 0 saturated carbocycles. The van der Waals surface area contributed by atoms with Gasteiger partial charge in [-0.1, -0.05) is 6.07 Å². The normalized spacial score (nSPS) is 11.0. The van der Waals surface area contributed by atoms with Gasteiger partial charge in [0.2, 0.25) is 0 Å². The Morgan fingerprint density at radius 3 is 2.86 bits per heavy atom. The maximum Gasteiger partial charge on any atom is 0.264 e. The number of aromatic nitrogens is 5. The van der Waals surface area contributed by atoms with Gasteiger partial charge in [-0.15, -0.1) is 10.2 Å². The highest BCUT2D eigenvalue weighted by atomic mass is 16.5. The molecule has 2 aromatic heterocycles. The first-order valence-corrected chi connectivity index (χ1v) is 7.13. The van der Waals surface area contributed by atoms with Crippen LogP contribution in [0.15, 0.2) is 35.6 Å². The van der Waals surface area contributed by atoms with Crippen LogP contribution in [-0.4, -0.2) is 31.4 Å². The fraction of sp³-hybridized carbons (Fsp3) is 0.333. The van der Waals surface area contributed by atoms with Crippen molar-refractivity contribution in [2.75, 3.05) is 7.11 Å². The quantitative estimate of drug-likeness (QED) is 0.709. The number of aryl methyl sites for hydroxylation is 3. The third-order valence-corrected chi connectivity index (χ3v) is 3.65. The third-order valence-electron chi connectivity index (χ3n) is 3.65. The lowest BCUT2D eigenvalue weighted by atomic mass is 10.2. The number of hydrogen-bond donors (Lipinski definition) is 0. The predicted octanol–water partition coefficient (Wildman–Crippen LogP) is 1.26. The van der Waals surface area contributed by atoms with Crippen LogP contribution in [0.3, 0.4) is 0 Å². The van der Waals surface area contributed by atoms with Gasteiger partial charge in [0.15, 0.2) is 0 Å². The van der Waals surface area contributed by atoms with Gasteiger partial charge in [0.25, 0.3) is 5.56 Å². The van der Waals surface area contributed by atoms with E-state index in [2.05, 4.69) is 15.2 Å². The molecule has 7 heteroatoms. The smallest absolute Gasteiger partial charge is 0.264 e. The zero-order valence-electron chi connectivity index (χ0n) is 12.6. The van der Waals surface area contributed by atoms with Gasteiger partial charge in [0.05, 0.1) is 19.0 Å². The maximum atomic E-state index is 12.6. The summed E-state index contributed by atoms with van der Waals surface area (Å²) >= 11 is 0. The molecule has 0 fully saturated rings. The van der Waals surface area contributed by atoms with Crippen molar-refractivity contribution in [3.05, 3.63) is 47.0 Å². The summed E-state index contributed by atoms with van der Waals surface area (Å²) in [4.78, 5) is 17.0. The largest absolute Gasteiger partial charge is 0.496 e. The van der Waals surface area contributed by atoms with Crippen molar-refractivity contribution in [3.8, 4) is 5.75 Å². The minimum Gasteiger partial charge on any atom is -0.496 e. The van der Waals surface area contributed by atoms with E-state index in [1.165, 1.54) is 0 Å². The van der Waals surface area contributed by atoms with E-state index < -0.39 is 0 Å². The summed E-state index contributed by atoms with van der Waals surface area (Å²) in [6, 6.07) is 5.39. The van der Waals surface area contributed by atoms with Gasteiger partial charge in [-0.25, -0.2) is 4.98 Å². The minimum absolute atomic E-state index is 0.106. The standard InChI is InChI=1S/C15H17N5O2/c1-3-19-10-17-18-13(19)7-8-20-9-16-11-5-4-6-12(22-2)14(11)15(20)21/h4-6,9-10H,3,7-8H2,1-2H3. The minimum atomic E-state index is -0.106. The average molecular weight is 299 g/mol. The van der Waals surface area contributed by atoms with Crippen molar-refractivity contribution in [2.45, 2.75) is 26.4 Å². The summed E-state index contributed by atoms with van der Waals surface area (Å²) in [5.74, 6) is 1.40. The van der Waals surface area contributed by atoms with Gasteiger partial charge in [0, 0.05) is 19.5 Å². The number of methoxy groups -OCH3 is 1. The van der Waals surface area contributed by atoms with Crippen LogP contribution in [0, 0.1) is 0 Å². The Morgan fingerprint density at radius 1 is 1.23 bits per heavy atom. The monoisotopic (exact) mass is 299 g/mol. The Morgan fingerprint density at radius 2 is 2.09 bits per heavy atom. The molecule has 2 heterocycles. The molecule has 0 unspecified atom stereocenters. The number of nitrogens with zero attached hydrogens (tertiary/aromatic N) is 5. The van der Waals surface area contributed by atoms with Crippen molar-refractivity contribution in [3.63, 3.8) is 0 Å². The second-order valence-electron chi connectivity index (χ2n) is 4.88. The molecular weight excluding hydrogens is 282 g/mol. The summed E-state index contributed by atoms with van der Waals surface area (Å²) in [5.41, 5.74) is 0.530. The van der Waals surface area contributed by atoms with Crippen LogP contribution < -0.4 is 10.3 Å². The zero-order valence-corrected chi connectivity index (χ0v) is 12.6. The van der Waals surface area contributed by atoms with Crippen molar-refractivity contribution < 1.29 is 4.74 Å². The van der Waals surface area contributed by atoms with Crippen LogP contribution in [0.5, 0.6) is 5.75 Å². The van der Waals surface area contributed by atoms with Crippen molar-refractivity contribution in [2.24, 2.45) is 0 Å². The van der Waals surface area contributed by atoms with Gasteiger partial charge in [0.1, 0.15) is 23.3 Å². The van der Waals surface area contributed by atoms with Crippen LogP contribution in [0.1, 0.15) is 12.7 Å². The number of hydrogen-bond acceptors (Lipinski definition) is 5. The Bertz CT molecular complexity index is 853. The number of rotatable bonds is 5. The number of ether oxygens (including phenoxy) is 1. The summed E-state index contributed by atoms with van der Waals surface area (Å²) in [7, 11) is 1.55. The number of fused-ring (bicyclic) bond motifs is 1. The Hall–Kier alpha value is -2.70. The van der Waals surface area contributed by atoms with E-state index in [-0.39, 0.29) is 5.56 Å². The average Bonchev–Trinajstić information content (AvgIpc) is 3.01. The molecule has 0 spiro atoms. The van der Waals surface area contributed by atoms with Crippen LogP contribution >= 0.6 is 0 Å². The van der Waals surface area contributed by atoms with Gasteiger partial charge < -0.3 is 9.30 Å². The molecule has 22 heavy (non-hydrogen) atoms. The summed E-state index contributed by atoms with van der Waals surface area (Å²) in [6.45, 7) is 3.33. The van der Waals surface area contributed by atoms with Crippen molar-refractivity contribution in [1.29, 1.82) is 0 Å². The fourth-order valence-corrected chi connectivity index (χ4v) is 2.46. The summed E-state index contributed by atoms with van der Waals surface area (Å²) in [5, 5.41) is 8.48. The van der Waals surface area contributed by atoms with E-state index in [9.17, 15) is 4.79 Å². The fourth-order valence-electron chi connectivity index (χ4n) is 2.46. The van der Waals surface area contributed by atoms with Crippen LogP contribution in [-0.2, 0) is 19.5 Å². The molecule has 0 amide bonds. The molecular formula is C15H17N5O2. The summed E-state index contributed by atoms with van der Waals surface area (Å²) < 4.78 is 8.81. The van der Waals surface area contributed by atoms with E-state index in [0.29, 0.717) is 29.6 Å². The van der Waals surface area contributed by atoms with Crippen LogP contribution in [0.4, 0.5) is 0 Å². The molecule has 0 aliphatic rings. The molecule has 3 aromatic rings. The molecule has 0 bridgehead atoms. The Labute approximate surface area is 127 Å². The lowest BCUT2D eigenvalue weighted by molar-refractivity contribution is 0.419. The topological polar surface area (TPSA) is 74.8 Å². The van der Waals surface area contributed by atoms with Crippen molar-refractivity contribution in [1.82, 2.24) is 24.3 Å². The van der Waals surface area contributed by atoms with E-state index in [1.807, 2.05) is 17.6 Å². The molecule has 7 nitrogen and oxygen atoms in total. The lowest BCUT2D eigenvalue weighted by Crippen LogP contribution is -2.22. The molecule has 0 N–H and O–H groups in total. The van der Waals surface area contributed by atoms with E-state index in [0.717, 1.165) is 12.4 Å². The molecule has 0 saturated heterocycles. The highest BCUT2D eigenvalue weighted by Gasteiger charge is 2.10. The van der Waals surface area contributed by atoms with Crippen LogP contribution in [0.25, 0.3) is 10.9 Å². The number of benzene rings is 1. The molecule has 0 atom stereocenters. The highest BCUT2D eigenvalue weighted by molar-refractivity contribution is 5.83. The molecule has 114 valence electrons. The van der Waals surface area contributed by atoms with E-state index in [1.54, 1.807) is 36.5 Å². The van der Waals surface area contributed by atoms with Gasteiger partial charge in [-0.05, 0) is 19.1 Å². The maximum absolute atomic E-state index is 12.6. The predicted molar refractivity (Wildman–Crippen MR) is 82.0 cm³/mol. The molecule has 0 radical (unpaired) electrons. The van der Waals surface area contributed by atoms with Gasteiger partial charge in [-0.3, -0.25) is 9.36 Å². The van der Waals surface area contributed by atoms with E-state index >= 15 is 0 Å². The zero-order chi connectivity index (χ0) is 15.5. The van der Waals surface area contributed by atoms with Gasteiger partial charge >= 0.3 is 0 Å². The van der Waals surface area contributed by atoms with Gasteiger partial charge in [-0.2, -0.15) is 0 Å². The first kappa shape index (κ1) is 14.2. The van der Waals surface area contributed by atoms with Crippen molar-refractivity contribution >= 4 is 10.9 Å². The first-order chi connectivity index (χ1) is 10.7. The molecule has 0 aliphatic carbocycles. The Balaban J connectivity index is 1.95. The highest BCUT2D eigenvalue weighted by Crippen LogP contribution is 2.19. The lowest BCUT2D eigenvalue weighted by Gasteiger charge is -2.09. The third kappa shape index (κ3) is 2.45. The first-order valence-electron chi connectivity index (χ1n) is 7.13. The molecule has 0 aliphatic heterocycles. The second kappa shape index (κ2) is 5.97. The van der Waals surface area contributed by atoms with E-state index in [4.69, 9.17) is 4.74 Å². The molecule has 1 aromatic carbocycles. The molecule has 3 rings (SSSR count).